The molecule has 0 saturated carbocycles. The van der Waals surface area contributed by atoms with Crippen molar-refractivity contribution in [1.29, 1.82) is 0 Å². The molecule has 0 fully saturated rings. The molecule has 1 atom stereocenters. The van der Waals surface area contributed by atoms with E-state index in [1.165, 1.54) is 27.7 Å². The molecule has 0 unspecified atom stereocenters. The van der Waals surface area contributed by atoms with Crippen LogP contribution in [-0.4, -0.2) is 23.3 Å². The maximum absolute atomic E-state index is 9.13. The van der Waals surface area contributed by atoms with Crippen LogP contribution in [0.15, 0.2) is 18.2 Å². The zero-order valence-corrected chi connectivity index (χ0v) is 14.7. The van der Waals surface area contributed by atoms with Crippen LogP contribution in [0.1, 0.15) is 64.0 Å². The average Bonchev–Trinajstić information content (AvgIpc) is 2.99. The van der Waals surface area contributed by atoms with Gasteiger partial charge in [-0.05, 0) is 24.0 Å². The molecule has 0 saturated heterocycles. The molecule has 1 aliphatic heterocycles. The second kappa shape index (κ2) is 9.65. The summed E-state index contributed by atoms with van der Waals surface area (Å²) in [5.41, 5.74) is 5.15. The maximum atomic E-state index is 9.13. The highest BCUT2D eigenvalue weighted by molar-refractivity contribution is 5.87. The van der Waals surface area contributed by atoms with E-state index in [9.17, 15) is 0 Å². The lowest BCUT2D eigenvalue weighted by Crippen LogP contribution is -2.16. The Morgan fingerprint density at radius 2 is 1.95 bits per heavy atom. The minimum Gasteiger partial charge on any atom is -0.396 e. The summed E-state index contributed by atoms with van der Waals surface area (Å²) < 4.78 is 5.76. The molecular formula is C19H31NO2. The lowest BCUT2D eigenvalue weighted by molar-refractivity contribution is 0.0232. The minimum absolute atomic E-state index is 0.0239. The number of H-pyrrole nitrogens is 1. The molecular weight excluding hydrogens is 274 g/mol. The summed E-state index contributed by atoms with van der Waals surface area (Å²) >= 11 is 0. The number of fused-ring (bicyclic) bond motifs is 3. The zero-order chi connectivity index (χ0) is 16.5. The summed E-state index contributed by atoms with van der Waals surface area (Å²) in [5, 5.41) is 10.5. The number of aryl methyl sites for hydroxylation is 1. The summed E-state index contributed by atoms with van der Waals surface area (Å²) in [6.45, 7) is 11.1. The molecule has 2 heterocycles. The molecule has 0 amide bonds. The smallest absolute Gasteiger partial charge is 0.0997 e. The summed E-state index contributed by atoms with van der Waals surface area (Å²) in [7, 11) is 0. The molecule has 1 aliphatic rings. The van der Waals surface area contributed by atoms with Crippen molar-refractivity contribution in [3.05, 3.63) is 35.0 Å². The third kappa shape index (κ3) is 3.71. The van der Waals surface area contributed by atoms with Crippen LogP contribution in [-0.2, 0) is 17.6 Å². The Morgan fingerprint density at radius 3 is 2.59 bits per heavy atom. The molecule has 3 heteroatoms. The average molecular weight is 305 g/mol. The standard InChI is InChI=1S/C15H19NO2.2C2H6/c1-2-10-4-3-5-11-12-7-9-18-13(6-8-17)15(12)16-14(10)11;2*1-2/h3-5,13,16-17H,2,6-9H2,1H3;2*1-2H3/t13-;;/m1../s1. The van der Waals surface area contributed by atoms with Gasteiger partial charge in [-0.3, -0.25) is 0 Å². The topological polar surface area (TPSA) is 45.2 Å². The Bertz CT molecular complexity index is 560. The summed E-state index contributed by atoms with van der Waals surface area (Å²) in [5.74, 6) is 0. The van der Waals surface area contributed by atoms with E-state index in [2.05, 4.69) is 30.1 Å². The van der Waals surface area contributed by atoms with Crippen molar-refractivity contribution in [3.63, 3.8) is 0 Å². The van der Waals surface area contributed by atoms with Crippen molar-refractivity contribution in [2.24, 2.45) is 0 Å². The van der Waals surface area contributed by atoms with Crippen molar-refractivity contribution in [2.45, 2.75) is 60.0 Å². The number of nitrogens with one attached hydrogen (secondary N) is 1. The third-order valence-electron chi connectivity index (χ3n) is 3.83. The third-order valence-corrected chi connectivity index (χ3v) is 3.83. The van der Waals surface area contributed by atoms with Crippen molar-refractivity contribution >= 4 is 10.9 Å². The van der Waals surface area contributed by atoms with Gasteiger partial charge >= 0.3 is 0 Å². The van der Waals surface area contributed by atoms with Gasteiger partial charge in [-0.25, -0.2) is 0 Å². The highest BCUT2D eigenvalue weighted by atomic mass is 16.5. The Hall–Kier alpha value is -1.32. The van der Waals surface area contributed by atoms with E-state index < -0.39 is 0 Å². The number of aromatic nitrogens is 1. The largest absolute Gasteiger partial charge is 0.396 e. The molecule has 2 aromatic rings. The Labute approximate surface area is 134 Å². The number of aliphatic hydroxyl groups excluding tert-OH is 1. The fourth-order valence-electron chi connectivity index (χ4n) is 2.92. The Morgan fingerprint density at radius 1 is 1.23 bits per heavy atom. The quantitative estimate of drug-likeness (QED) is 0.857. The first kappa shape index (κ1) is 18.7. The van der Waals surface area contributed by atoms with Crippen molar-refractivity contribution in [3.8, 4) is 0 Å². The van der Waals surface area contributed by atoms with E-state index in [-0.39, 0.29) is 12.7 Å². The van der Waals surface area contributed by atoms with Crippen molar-refractivity contribution < 1.29 is 9.84 Å². The van der Waals surface area contributed by atoms with Gasteiger partial charge < -0.3 is 14.8 Å². The number of aromatic amines is 1. The maximum Gasteiger partial charge on any atom is 0.0997 e. The molecule has 1 aromatic heterocycles. The van der Waals surface area contributed by atoms with Gasteiger partial charge in [0.15, 0.2) is 0 Å². The number of ether oxygens (including phenoxy) is 1. The Balaban J connectivity index is 0.000000561. The van der Waals surface area contributed by atoms with Crippen molar-refractivity contribution in [2.75, 3.05) is 13.2 Å². The van der Waals surface area contributed by atoms with E-state index in [1.807, 2.05) is 27.7 Å². The summed E-state index contributed by atoms with van der Waals surface area (Å²) in [4.78, 5) is 3.53. The predicted molar refractivity (Wildman–Crippen MR) is 94.5 cm³/mol. The van der Waals surface area contributed by atoms with Crippen LogP contribution in [0.2, 0.25) is 0 Å². The first-order valence-electron chi connectivity index (χ1n) is 8.70. The van der Waals surface area contributed by atoms with Gasteiger partial charge in [-0.2, -0.15) is 0 Å². The predicted octanol–water partition coefficient (Wildman–Crippen LogP) is 4.78. The van der Waals surface area contributed by atoms with Crippen LogP contribution in [0.3, 0.4) is 0 Å². The lowest BCUT2D eigenvalue weighted by Gasteiger charge is -2.22. The van der Waals surface area contributed by atoms with Crippen molar-refractivity contribution in [1.82, 2.24) is 4.98 Å². The molecule has 3 nitrogen and oxygen atoms in total. The van der Waals surface area contributed by atoms with Gasteiger partial charge in [0.05, 0.1) is 12.7 Å². The SMILES string of the molecule is CC.CC.CCc1cccc2c3c([nH]c12)[C@@H](CCO)OCC3. The summed E-state index contributed by atoms with van der Waals surface area (Å²) in [6.07, 6.45) is 2.68. The molecule has 0 spiro atoms. The van der Waals surface area contributed by atoms with E-state index >= 15 is 0 Å². The van der Waals surface area contributed by atoms with Gasteiger partial charge in [0.25, 0.3) is 0 Å². The van der Waals surface area contributed by atoms with Gasteiger partial charge in [-0.1, -0.05) is 52.8 Å². The normalized spacial score (nSPS) is 16.2. The summed E-state index contributed by atoms with van der Waals surface area (Å²) in [6, 6.07) is 6.49. The molecule has 0 aliphatic carbocycles. The molecule has 0 bridgehead atoms. The highest BCUT2D eigenvalue weighted by Gasteiger charge is 2.24. The van der Waals surface area contributed by atoms with Crippen LogP contribution in [0, 0.1) is 0 Å². The first-order valence-corrected chi connectivity index (χ1v) is 8.70. The fraction of sp³-hybridized carbons (Fsp3) is 0.579. The second-order valence-electron chi connectivity index (χ2n) is 4.83. The van der Waals surface area contributed by atoms with E-state index in [0.717, 1.165) is 19.4 Å². The van der Waals surface area contributed by atoms with E-state index in [4.69, 9.17) is 9.84 Å². The molecule has 1 aromatic carbocycles. The van der Waals surface area contributed by atoms with Crippen LogP contribution in [0.25, 0.3) is 10.9 Å². The number of aliphatic hydroxyl groups is 1. The monoisotopic (exact) mass is 305 g/mol. The molecule has 0 radical (unpaired) electrons. The number of hydrogen-bond acceptors (Lipinski definition) is 2. The lowest BCUT2D eigenvalue weighted by atomic mass is 10.00. The van der Waals surface area contributed by atoms with E-state index in [0.29, 0.717) is 6.42 Å². The molecule has 2 N–H and O–H groups in total. The number of hydrogen-bond donors (Lipinski definition) is 2. The van der Waals surface area contributed by atoms with Gasteiger partial charge in [0.1, 0.15) is 0 Å². The van der Waals surface area contributed by atoms with Gasteiger partial charge in [-0.15, -0.1) is 0 Å². The second-order valence-corrected chi connectivity index (χ2v) is 4.83. The number of para-hydroxylation sites is 1. The first-order chi connectivity index (χ1) is 10.8. The number of rotatable bonds is 3. The zero-order valence-electron chi connectivity index (χ0n) is 14.7. The van der Waals surface area contributed by atoms with Crippen LogP contribution >= 0.6 is 0 Å². The molecule has 124 valence electrons. The Kier molecular flexibility index (Phi) is 8.21. The van der Waals surface area contributed by atoms with Crippen LogP contribution in [0.5, 0.6) is 0 Å². The van der Waals surface area contributed by atoms with Crippen LogP contribution < -0.4 is 0 Å². The van der Waals surface area contributed by atoms with Gasteiger partial charge in [0.2, 0.25) is 0 Å². The highest BCUT2D eigenvalue weighted by Crippen LogP contribution is 2.35. The van der Waals surface area contributed by atoms with Gasteiger partial charge in [0, 0.05) is 29.6 Å². The minimum atomic E-state index is 0.0239. The fourth-order valence-corrected chi connectivity index (χ4v) is 2.92. The van der Waals surface area contributed by atoms with Crippen LogP contribution in [0.4, 0.5) is 0 Å². The van der Waals surface area contributed by atoms with E-state index in [1.54, 1.807) is 0 Å². The molecule has 3 rings (SSSR count). The number of benzene rings is 1. The molecule has 22 heavy (non-hydrogen) atoms.